The molecular formula is C13H20ClN3O3. The van der Waals surface area contributed by atoms with Crippen LogP contribution in [0.5, 0.6) is 5.75 Å². The molecule has 7 heteroatoms. The van der Waals surface area contributed by atoms with Crippen molar-refractivity contribution in [2.45, 2.75) is 13.0 Å². The molecule has 0 bridgehead atoms. The first-order chi connectivity index (χ1) is 9.11. The Bertz CT molecular complexity index is 415. The number of nitrogens with one attached hydrogen (secondary N) is 2. The zero-order valence-corrected chi connectivity index (χ0v) is 12.1. The molecule has 0 heterocycles. The van der Waals surface area contributed by atoms with Crippen molar-refractivity contribution in [1.82, 2.24) is 10.6 Å². The summed E-state index contributed by atoms with van der Waals surface area (Å²) in [4.78, 5) is 22.3. The first-order valence-electron chi connectivity index (χ1n) is 6.07. The van der Waals surface area contributed by atoms with Crippen LogP contribution < -0.4 is 21.1 Å². The topological polar surface area (TPSA) is 93.5 Å². The van der Waals surface area contributed by atoms with Gasteiger partial charge in [-0.15, -0.1) is 12.4 Å². The lowest BCUT2D eigenvalue weighted by Gasteiger charge is -2.15. The summed E-state index contributed by atoms with van der Waals surface area (Å²) < 4.78 is 5.59. The molecule has 0 spiro atoms. The van der Waals surface area contributed by atoms with Crippen molar-refractivity contribution in [3.8, 4) is 5.75 Å². The molecule has 1 atom stereocenters. The number of nitrogens with two attached hydrogens (primary N) is 1. The minimum absolute atomic E-state index is 0. The second-order valence-electron chi connectivity index (χ2n) is 4.03. The molecule has 1 aromatic carbocycles. The molecule has 0 saturated heterocycles. The maximum atomic E-state index is 11.4. The molecule has 2 amide bonds. The van der Waals surface area contributed by atoms with Crippen LogP contribution in [0.25, 0.3) is 0 Å². The average molecular weight is 302 g/mol. The Morgan fingerprint density at radius 2 is 1.85 bits per heavy atom. The zero-order chi connectivity index (χ0) is 14.1. The lowest BCUT2D eigenvalue weighted by Crippen LogP contribution is -2.42. The van der Waals surface area contributed by atoms with E-state index < -0.39 is 0 Å². The number of ether oxygens (including phenoxy) is 1. The van der Waals surface area contributed by atoms with Gasteiger partial charge in [0.25, 0.3) is 0 Å². The van der Waals surface area contributed by atoms with Crippen LogP contribution in [0.1, 0.15) is 6.92 Å². The molecule has 0 aromatic heterocycles. The number of para-hydroxylation sites is 1. The van der Waals surface area contributed by atoms with Gasteiger partial charge in [0, 0.05) is 0 Å². The molecule has 0 saturated carbocycles. The van der Waals surface area contributed by atoms with E-state index in [-0.39, 0.29) is 43.4 Å². The van der Waals surface area contributed by atoms with Crippen molar-refractivity contribution >= 4 is 24.2 Å². The lowest BCUT2D eigenvalue weighted by atomic mass is 10.3. The van der Waals surface area contributed by atoms with E-state index in [1.54, 1.807) is 0 Å². The molecule has 1 rings (SSSR count). The van der Waals surface area contributed by atoms with Crippen molar-refractivity contribution in [2.24, 2.45) is 5.73 Å². The van der Waals surface area contributed by atoms with Gasteiger partial charge in [0.15, 0.2) is 0 Å². The molecule has 6 nitrogen and oxygen atoms in total. The van der Waals surface area contributed by atoms with Gasteiger partial charge in [-0.05, 0) is 19.1 Å². The Kier molecular flexibility index (Phi) is 9.15. The van der Waals surface area contributed by atoms with E-state index in [9.17, 15) is 9.59 Å². The Morgan fingerprint density at radius 3 is 2.45 bits per heavy atom. The number of hydrogen-bond donors (Lipinski definition) is 3. The SMILES string of the molecule is CC(CNC(=O)CNC(=O)CN)Oc1ccccc1.Cl. The Labute approximate surface area is 124 Å². The van der Waals surface area contributed by atoms with Gasteiger partial charge >= 0.3 is 0 Å². The van der Waals surface area contributed by atoms with Crippen LogP contribution in [-0.2, 0) is 9.59 Å². The van der Waals surface area contributed by atoms with Crippen molar-refractivity contribution in [1.29, 1.82) is 0 Å². The van der Waals surface area contributed by atoms with Gasteiger partial charge in [0.1, 0.15) is 11.9 Å². The van der Waals surface area contributed by atoms with Crippen LogP contribution in [0, 0.1) is 0 Å². The number of halogens is 1. The summed E-state index contributed by atoms with van der Waals surface area (Å²) in [5.74, 6) is 0.120. The van der Waals surface area contributed by atoms with Gasteiger partial charge < -0.3 is 21.1 Å². The third-order valence-electron chi connectivity index (χ3n) is 2.30. The van der Waals surface area contributed by atoms with Crippen LogP contribution in [0.4, 0.5) is 0 Å². The predicted octanol–water partition coefficient (Wildman–Crippen LogP) is 0.0668. The fraction of sp³-hybridized carbons (Fsp3) is 0.385. The predicted molar refractivity (Wildman–Crippen MR) is 78.9 cm³/mol. The maximum absolute atomic E-state index is 11.4. The molecule has 1 aromatic rings. The number of carbonyl (C=O) groups excluding carboxylic acids is 2. The minimum Gasteiger partial charge on any atom is -0.489 e. The fourth-order valence-electron chi connectivity index (χ4n) is 1.34. The quantitative estimate of drug-likeness (QED) is 0.664. The van der Waals surface area contributed by atoms with Crippen LogP contribution in [0.2, 0.25) is 0 Å². The van der Waals surface area contributed by atoms with E-state index in [0.717, 1.165) is 5.75 Å². The first kappa shape index (κ1) is 18.2. The summed E-state index contributed by atoms with van der Waals surface area (Å²) in [6.45, 7) is 2.02. The molecule has 0 fully saturated rings. The summed E-state index contributed by atoms with van der Waals surface area (Å²) in [6.07, 6.45) is -0.156. The molecule has 0 aliphatic heterocycles. The van der Waals surface area contributed by atoms with Gasteiger partial charge in [-0.25, -0.2) is 0 Å². The highest BCUT2D eigenvalue weighted by Crippen LogP contribution is 2.10. The summed E-state index contributed by atoms with van der Waals surface area (Å²) in [6, 6.07) is 9.35. The Balaban J connectivity index is 0.00000361. The molecule has 4 N–H and O–H groups in total. The number of rotatable bonds is 7. The zero-order valence-electron chi connectivity index (χ0n) is 11.3. The molecule has 20 heavy (non-hydrogen) atoms. The first-order valence-corrected chi connectivity index (χ1v) is 6.07. The average Bonchev–Trinajstić information content (AvgIpc) is 2.43. The van der Waals surface area contributed by atoms with E-state index in [0.29, 0.717) is 6.54 Å². The number of amides is 2. The van der Waals surface area contributed by atoms with Crippen molar-refractivity contribution in [3.63, 3.8) is 0 Å². The molecule has 0 aliphatic carbocycles. The fourth-order valence-corrected chi connectivity index (χ4v) is 1.34. The second kappa shape index (κ2) is 10.1. The van der Waals surface area contributed by atoms with E-state index in [2.05, 4.69) is 10.6 Å². The smallest absolute Gasteiger partial charge is 0.239 e. The van der Waals surface area contributed by atoms with Crippen molar-refractivity contribution in [3.05, 3.63) is 30.3 Å². The Morgan fingerprint density at radius 1 is 1.20 bits per heavy atom. The van der Waals surface area contributed by atoms with E-state index in [1.165, 1.54) is 0 Å². The summed E-state index contributed by atoms with van der Waals surface area (Å²) in [7, 11) is 0. The summed E-state index contributed by atoms with van der Waals surface area (Å²) in [5, 5.41) is 5.05. The van der Waals surface area contributed by atoms with Crippen molar-refractivity contribution in [2.75, 3.05) is 19.6 Å². The standard InChI is InChI=1S/C13H19N3O3.ClH/c1-10(19-11-5-3-2-4-6-11)8-15-13(18)9-16-12(17)7-14;/h2-6,10H,7-9,14H2,1H3,(H,15,18)(H,16,17);1H. The largest absolute Gasteiger partial charge is 0.489 e. The highest BCUT2D eigenvalue weighted by atomic mass is 35.5. The summed E-state index contributed by atoms with van der Waals surface area (Å²) in [5.41, 5.74) is 5.10. The maximum Gasteiger partial charge on any atom is 0.239 e. The van der Waals surface area contributed by atoms with Crippen molar-refractivity contribution < 1.29 is 14.3 Å². The molecule has 0 radical (unpaired) electrons. The number of carbonyl (C=O) groups is 2. The van der Waals surface area contributed by atoms with Crippen LogP contribution in [0.3, 0.4) is 0 Å². The molecule has 112 valence electrons. The third-order valence-corrected chi connectivity index (χ3v) is 2.30. The van der Waals surface area contributed by atoms with E-state index >= 15 is 0 Å². The minimum atomic E-state index is -0.358. The monoisotopic (exact) mass is 301 g/mol. The highest BCUT2D eigenvalue weighted by Gasteiger charge is 2.07. The molecular weight excluding hydrogens is 282 g/mol. The van der Waals surface area contributed by atoms with E-state index in [4.69, 9.17) is 10.5 Å². The van der Waals surface area contributed by atoms with Gasteiger partial charge in [-0.2, -0.15) is 0 Å². The van der Waals surface area contributed by atoms with Crippen LogP contribution in [-0.4, -0.2) is 37.6 Å². The lowest BCUT2D eigenvalue weighted by molar-refractivity contribution is -0.125. The van der Waals surface area contributed by atoms with Crippen LogP contribution in [0.15, 0.2) is 30.3 Å². The number of benzene rings is 1. The van der Waals surface area contributed by atoms with Gasteiger partial charge in [0.2, 0.25) is 11.8 Å². The van der Waals surface area contributed by atoms with Gasteiger partial charge in [-0.3, -0.25) is 9.59 Å². The third kappa shape index (κ3) is 7.60. The number of hydrogen-bond acceptors (Lipinski definition) is 4. The van der Waals surface area contributed by atoms with Crippen LogP contribution >= 0.6 is 12.4 Å². The normalized spacial score (nSPS) is 10.9. The van der Waals surface area contributed by atoms with Gasteiger partial charge in [0.05, 0.1) is 19.6 Å². The highest BCUT2D eigenvalue weighted by molar-refractivity contribution is 5.85. The molecule has 1 unspecified atom stereocenters. The summed E-state index contributed by atoms with van der Waals surface area (Å²) >= 11 is 0. The Hall–Kier alpha value is -1.79. The molecule has 0 aliphatic rings. The van der Waals surface area contributed by atoms with E-state index in [1.807, 2.05) is 37.3 Å². The van der Waals surface area contributed by atoms with Gasteiger partial charge in [-0.1, -0.05) is 18.2 Å². The second-order valence-corrected chi connectivity index (χ2v) is 4.03.